The van der Waals surface area contributed by atoms with Crippen molar-refractivity contribution in [2.75, 3.05) is 7.11 Å². The molecule has 0 fully saturated rings. The average molecular weight is 286 g/mol. The third kappa shape index (κ3) is 2.54. The van der Waals surface area contributed by atoms with Gasteiger partial charge < -0.3 is 15.3 Å². The Morgan fingerprint density at radius 1 is 1.29 bits per heavy atom. The molecule has 1 atom stereocenters. The lowest BCUT2D eigenvalue weighted by Crippen LogP contribution is -2.11. The van der Waals surface area contributed by atoms with E-state index in [1.54, 1.807) is 43.5 Å². The summed E-state index contributed by atoms with van der Waals surface area (Å²) in [7, 11) is 1.56. The number of phenolic OH excluding ortho intramolecular Hbond substituents is 1. The molecule has 0 radical (unpaired) electrons. The van der Waals surface area contributed by atoms with E-state index in [2.05, 4.69) is 10.5 Å². The zero-order valence-electron chi connectivity index (χ0n) is 11.5. The maximum Gasteiger partial charge on any atom is 0.128 e. The van der Waals surface area contributed by atoms with Crippen molar-refractivity contribution in [3.63, 3.8) is 0 Å². The van der Waals surface area contributed by atoms with Gasteiger partial charge in [-0.1, -0.05) is 18.2 Å². The van der Waals surface area contributed by atoms with Crippen LogP contribution in [0.15, 0.2) is 47.6 Å². The Morgan fingerprint density at radius 2 is 2.10 bits per heavy atom. The summed E-state index contributed by atoms with van der Waals surface area (Å²) in [4.78, 5) is 0. The van der Waals surface area contributed by atoms with Gasteiger partial charge in [-0.15, -0.1) is 0 Å². The maximum atomic E-state index is 13.8. The van der Waals surface area contributed by atoms with Gasteiger partial charge in [0, 0.05) is 17.5 Å². The van der Waals surface area contributed by atoms with Gasteiger partial charge in [-0.2, -0.15) is 5.10 Å². The Labute approximate surface area is 121 Å². The summed E-state index contributed by atoms with van der Waals surface area (Å²) in [6, 6.07) is 11.3. The van der Waals surface area contributed by atoms with E-state index < -0.39 is 0 Å². The number of aromatic hydroxyl groups is 1. The molecule has 0 spiro atoms. The highest BCUT2D eigenvalue weighted by Gasteiger charge is 2.25. The molecule has 21 heavy (non-hydrogen) atoms. The van der Waals surface area contributed by atoms with Crippen molar-refractivity contribution in [2.45, 2.75) is 12.5 Å². The minimum atomic E-state index is -0.263. The number of rotatable bonds is 3. The molecule has 0 bridgehead atoms. The van der Waals surface area contributed by atoms with Crippen LogP contribution in [0.5, 0.6) is 11.5 Å². The van der Waals surface area contributed by atoms with Crippen LogP contribution in [0.3, 0.4) is 0 Å². The zero-order valence-corrected chi connectivity index (χ0v) is 11.5. The number of benzene rings is 2. The summed E-state index contributed by atoms with van der Waals surface area (Å²) in [5.41, 5.74) is 4.77. The van der Waals surface area contributed by atoms with E-state index in [9.17, 15) is 9.50 Å². The third-order valence-electron chi connectivity index (χ3n) is 3.55. The fraction of sp³-hybridized carbons (Fsp3) is 0.188. The fourth-order valence-electron chi connectivity index (χ4n) is 2.42. The second-order valence-electron chi connectivity index (χ2n) is 4.85. The van der Waals surface area contributed by atoms with Gasteiger partial charge >= 0.3 is 0 Å². The van der Waals surface area contributed by atoms with Crippen LogP contribution in [0.25, 0.3) is 0 Å². The van der Waals surface area contributed by atoms with Crippen molar-refractivity contribution in [1.82, 2.24) is 5.43 Å². The first-order chi connectivity index (χ1) is 10.2. The molecule has 2 N–H and O–H groups in total. The Kier molecular flexibility index (Phi) is 3.48. The SMILES string of the molecule is COc1ccc(O)c(C2=NN[C@@H](c3ccccc3F)C2)c1. The highest BCUT2D eigenvalue weighted by molar-refractivity contribution is 6.04. The number of methoxy groups -OCH3 is 1. The largest absolute Gasteiger partial charge is 0.507 e. The summed E-state index contributed by atoms with van der Waals surface area (Å²) in [5, 5.41) is 14.2. The molecule has 0 amide bonds. The molecule has 0 saturated carbocycles. The highest BCUT2D eigenvalue weighted by Crippen LogP contribution is 2.31. The number of ether oxygens (including phenoxy) is 1. The number of hydrogen-bond donors (Lipinski definition) is 2. The van der Waals surface area contributed by atoms with E-state index in [0.29, 0.717) is 29.0 Å². The molecule has 2 aromatic rings. The number of nitrogens with one attached hydrogen (secondary N) is 1. The van der Waals surface area contributed by atoms with Gasteiger partial charge in [0.25, 0.3) is 0 Å². The van der Waals surface area contributed by atoms with Crippen LogP contribution in [-0.2, 0) is 0 Å². The number of hydrogen-bond acceptors (Lipinski definition) is 4. The molecule has 0 aliphatic carbocycles. The van der Waals surface area contributed by atoms with E-state index >= 15 is 0 Å². The summed E-state index contributed by atoms with van der Waals surface area (Å²) in [5.74, 6) is 0.506. The van der Waals surface area contributed by atoms with Gasteiger partial charge in [-0.3, -0.25) is 0 Å². The Balaban J connectivity index is 1.86. The number of hydrazone groups is 1. The van der Waals surface area contributed by atoms with Crippen LogP contribution in [-0.4, -0.2) is 17.9 Å². The minimum Gasteiger partial charge on any atom is -0.507 e. The van der Waals surface area contributed by atoms with E-state index in [4.69, 9.17) is 4.74 Å². The second kappa shape index (κ2) is 5.44. The molecule has 0 saturated heterocycles. The van der Waals surface area contributed by atoms with Crippen LogP contribution in [0.4, 0.5) is 4.39 Å². The third-order valence-corrected chi connectivity index (χ3v) is 3.55. The minimum absolute atomic E-state index is 0.130. The van der Waals surface area contributed by atoms with Crippen molar-refractivity contribution >= 4 is 5.71 Å². The molecule has 0 aromatic heterocycles. The molecule has 5 heteroatoms. The van der Waals surface area contributed by atoms with E-state index in [0.717, 1.165) is 0 Å². The lowest BCUT2D eigenvalue weighted by molar-refractivity contribution is 0.412. The van der Waals surface area contributed by atoms with Crippen LogP contribution in [0.1, 0.15) is 23.6 Å². The molecule has 3 rings (SSSR count). The van der Waals surface area contributed by atoms with Crippen molar-refractivity contribution in [1.29, 1.82) is 0 Å². The summed E-state index contributed by atoms with van der Waals surface area (Å²) < 4.78 is 19.0. The van der Waals surface area contributed by atoms with Crippen LogP contribution >= 0.6 is 0 Å². The van der Waals surface area contributed by atoms with Gasteiger partial charge in [-0.05, 0) is 24.3 Å². The lowest BCUT2D eigenvalue weighted by Gasteiger charge is -2.11. The van der Waals surface area contributed by atoms with E-state index in [1.165, 1.54) is 6.07 Å². The van der Waals surface area contributed by atoms with Crippen molar-refractivity contribution < 1.29 is 14.2 Å². The van der Waals surface area contributed by atoms with Gasteiger partial charge in [0.2, 0.25) is 0 Å². The van der Waals surface area contributed by atoms with Gasteiger partial charge in [-0.25, -0.2) is 4.39 Å². The number of nitrogens with zero attached hydrogens (tertiary/aromatic N) is 1. The van der Waals surface area contributed by atoms with Crippen molar-refractivity contribution in [3.8, 4) is 11.5 Å². The molecular weight excluding hydrogens is 271 g/mol. The topological polar surface area (TPSA) is 53.9 Å². The predicted molar refractivity (Wildman–Crippen MR) is 78.1 cm³/mol. The van der Waals surface area contributed by atoms with Crippen LogP contribution < -0.4 is 10.2 Å². The van der Waals surface area contributed by atoms with Gasteiger partial charge in [0.05, 0.1) is 18.9 Å². The van der Waals surface area contributed by atoms with Crippen LogP contribution in [0.2, 0.25) is 0 Å². The zero-order chi connectivity index (χ0) is 14.8. The normalized spacial score (nSPS) is 17.2. The highest BCUT2D eigenvalue weighted by atomic mass is 19.1. The summed E-state index contributed by atoms with van der Waals surface area (Å²) in [6.07, 6.45) is 0.502. The second-order valence-corrected chi connectivity index (χ2v) is 4.85. The summed E-state index contributed by atoms with van der Waals surface area (Å²) in [6.45, 7) is 0. The predicted octanol–water partition coefficient (Wildman–Crippen LogP) is 2.98. The van der Waals surface area contributed by atoms with E-state index in [1.807, 2.05) is 0 Å². The first-order valence-electron chi connectivity index (χ1n) is 6.63. The standard InChI is InChI=1S/C16H15FN2O2/c1-21-10-6-7-16(20)12(8-10)15-9-14(18-19-15)11-4-2-3-5-13(11)17/h2-8,14,18,20H,9H2,1H3/t14-/m1/s1. The monoisotopic (exact) mass is 286 g/mol. The summed E-state index contributed by atoms with van der Waals surface area (Å²) >= 11 is 0. The lowest BCUT2D eigenvalue weighted by atomic mass is 9.98. The molecule has 1 heterocycles. The number of phenols is 1. The van der Waals surface area contributed by atoms with E-state index in [-0.39, 0.29) is 17.6 Å². The molecular formula is C16H15FN2O2. The Hall–Kier alpha value is -2.56. The molecule has 108 valence electrons. The van der Waals surface area contributed by atoms with Crippen molar-refractivity contribution in [3.05, 3.63) is 59.4 Å². The quantitative estimate of drug-likeness (QED) is 0.912. The average Bonchev–Trinajstić information content (AvgIpc) is 2.97. The molecule has 1 aliphatic heterocycles. The molecule has 1 aliphatic rings. The van der Waals surface area contributed by atoms with Gasteiger partial charge in [0.15, 0.2) is 0 Å². The molecule has 2 aromatic carbocycles. The van der Waals surface area contributed by atoms with Gasteiger partial charge in [0.1, 0.15) is 17.3 Å². The maximum absolute atomic E-state index is 13.8. The van der Waals surface area contributed by atoms with Crippen molar-refractivity contribution in [2.24, 2.45) is 5.10 Å². The molecule has 0 unspecified atom stereocenters. The fourth-order valence-corrected chi connectivity index (χ4v) is 2.42. The number of halogens is 1. The Bertz CT molecular complexity index is 700. The van der Waals surface area contributed by atoms with Crippen LogP contribution in [0, 0.1) is 5.82 Å². The smallest absolute Gasteiger partial charge is 0.128 e. The first-order valence-corrected chi connectivity index (χ1v) is 6.63. The Morgan fingerprint density at radius 3 is 2.86 bits per heavy atom. The first kappa shape index (κ1) is 13.4. The molecule has 4 nitrogen and oxygen atoms in total.